The third-order valence-corrected chi connectivity index (χ3v) is 23.1. The monoisotopic (exact) mass is 630 g/mol. The van der Waals surface area contributed by atoms with Crippen molar-refractivity contribution >= 4 is 25.0 Å². The maximum absolute atomic E-state index is 12.9. The van der Waals surface area contributed by atoms with Gasteiger partial charge in [-0.25, -0.2) is 0 Å². The molecule has 0 radical (unpaired) electrons. The van der Waals surface area contributed by atoms with Gasteiger partial charge >= 0.3 is 0 Å². The second-order valence-electron chi connectivity index (χ2n) is 16.0. The van der Waals surface area contributed by atoms with Gasteiger partial charge in [0.1, 0.15) is 30.2 Å². The fourth-order valence-electron chi connectivity index (χ4n) is 3.83. The molecule has 1 aliphatic heterocycles. The molecule has 238 valence electrons. The zero-order valence-corrected chi connectivity index (χ0v) is 31.6. The number of hydrogen-bond acceptors (Lipinski definition) is 8. The summed E-state index contributed by atoms with van der Waals surface area (Å²) in [5.41, 5.74) is -0.314. The van der Waals surface area contributed by atoms with Gasteiger partial charge in [0.25, 0.3) is 0 Å². The summed E-state index contributed by atoms with van der Waals surface area (Å²) in [7, 11) is -7.20. The van der Waals surface area contributed by atoms with Crippen LogP contribution in [0.15, 0.2) is 21.5 Å². The average Bonchev–Trinajstić information content (AvgIpc) is 2.77. The van der Waals surface area contributed by atoms with Gasteiger partial charge in [-0.05, 0) is 61.3 Å². The fourth-order valence-corrected chi connectivity index (χ4v) is 7.73. The van der Waals surface area contributed by atoms with E-state index >= 15 is 0 Å². The molecule has 0 spiro atoms. The molecule has 5 atom stereocenters. The van der Waals surface area contributed by atoms with Crippen LogP contribution >= 0.6 is 0 Å². The molecule has 1 aromatic heterocycles. The van der Waals surface area contributed by atoms with Crippen LogP contribution in [0.4, 0.5) is 0 Å². The number of ether oxygens (including phenoxy) is 2. The van der Waals surface area contributed by atoms with E-state index in [1.54, 1.807) is 6.92 Å². The summed E-state index contributed by atoms with van der Waals surface area (Å²) in [6, 6.07) is 1.32. The first-order valence-electron chi connectivity index (χ1n) is 14.8. The third-order valence-electron chi connectivity index (χ3n) is 9.72. The van der Waals surface area contributed by atoms with E-state index in [2.05, 4.69) is 102 Å². The summed E-state index contributed by atoms with van der Waals surface area (Å²) < 4.78 is 39.7. The van der Waals surface area contributed by atoms with Crippen LogP contribution in [0.1, 0.15) is 68.1 Å². The molecule has 11 heteroatoms. The average molecular weight is 631 g/mol. The van der Waals surface area contributed by atoms with Gasteiger partial charge in [-0.15, -0.1) is 0 Å². The van der Waals surface area contributed by atoms with Gasteiger partial charge in [0, 0.05) is 6.07 Å². The van der Waals surface area contributed by atoms with E-state index in [0.29, 0.717) is 5.76 Å². The topological polar surface area (TPSA) is 96.6 Å². The van der Waals surface area contributed by atoms with Crippen LogP contribution in [0.5, 0.6) is 5.75 Å². The Kier molecular flexibility index (Phi) is 10.9. The molecule has 1 aromatic rings. The number of aryl methyl sites for hydroxylation is 1. The first-order valence-corrected chi connectivity index (χ1v) is 23.5. The van der Waals surface area contributed by atoms with Gasteiger partial charge in [-0.1, -0.05) is 62.3 Å². The SMILES string of the molecule is Cc1occc(=O)c1O[C@@H]1O[C@H](CO)[C@@H](O[Si](C)(C)C(C)(C)C)[C@H](O[Si](C)(C)C(C)(C)C)[C@H]1O[Si](C)(C)C(C)(C)C. The summed E-state index contributed by atoms with van der Waals surface area (Å²) in [5.74, 6) is 0.405. The van der Waals surface area contributed by atoms with Crippen LogP contribution in [0.2, 0.25) is 54.4 Å². The Hall–Kier alpha value is -0.799. The zero-order valence-electron chi connectivity index (χ0n) is 28.6. The van der Waals surface area contributed by atoms with Crippen LogP contribution in [-0.2, 0) is 18.0 Å². The van der Waals surface area contributed by atoms with Crippen molar-refractivity contribution in [3.8, 4) is 5.75 Å². The lowest BCUT2D eigenvalue weighted by atomic mass is 9.99. The van der Waals surface area contributed by atoms with Crippen molar-refractivity contribution in [1.29, 1.82) is 0 Å². The number of aliphatic hydroxyl groups excluding tert-OH is 1. The minimum absolute atomic E-state index is 0.0628. The van der Waals surface area contributed by atoms with Crippen LogP contribution in [0.3, 0.4) is 0 Å². The molecule has 2 rings (SSSR count). The van der Waals surface area contributed by atoms with E-state index in [1.807, 2.05) is 0 Å². The van der Waals surface area contributed by atoms with E-state index in [0.717, 1.165) is 0 Å². The maximum atomic E-state index is 12.9. The van der Waals surface area contributed by atoms with Gasteiger partial charge < -0.3 is 32.3 Å². The molecule has 1 fully saturated rings. The summed E-state index contributed by atoms with van der Waals surface area (Å²) in [6.45, 7) is 34.2. The smallest absolute Gasteiger partial charge is 0.228 e. The lowest BCUT2D eigenvalue weighted by Crippen LogP contribution is -2.68. The molecular formula is C30H58O8Si3. The minimum Gasteiger partial charge on any atom is -0.465 e. The zero-order chi connectivity index (χ0) is 32.0. The van der Waals surface area contributed by atoms with Crippen molar-refractivity contribution in [2.45, 2.75) is 154 Å². The minimum atomic E-state index is -2.43. The molecule has 1 aliphatic rings. The van der Waals surface area contributed by atoms with Crippen molar-refractivity contribution in [3.05, 3.63) is 28.3 Å². The Balaban J connectivity index is 2.80. The van der Waals surface area contributed by atoms with E-state index in [4.69, 9.17) is 27.2 Å². The Morgan fingerprint density at radius 2 is 1.17 bits per heavy atom. The van der Waals surface area contributed by atoms with Gasteiger partial charge in [-0.3, -0.25) is 4.79 Å². The van der Waals surface area contributed by atoms with Gasteiger partial charge in [0.05, 0.1) is 12.9 Å². The molecule has 0 aliphatic carbocycles. The first-order chi connectivity index (χ1) is 18.3. The fraction of sp³-hybridized carbons (Fsp3) is 0.833. The highest BCUT2D eigenvalue weighted by molar-refractivity contribution is 6.75. The van der Waals surface area contributed by atoms with Gasteiger partial charge in [-0.2, -0.15) is 0 Å². The van der Waals surface area contributed by atoms with Crippen LogP contribution in [0, 0.1) is 6.92 Å². The molecular weight excluding hydrogens is 573 g/mol. The van der Waals surface area contributed by atoms with E-state index in [9.17, 15) is 9.90 Å². The molecule has 0 saturated carbocycles. The highest BCUT2D eigenvalue weighted by Crippen LogP contribution is 2.46. The Labute approximate surface area is 251 Å². The molecule has 41 heavy (non-hydrogen) atoms. The normalized spacial score (nSPS) is 25.3. The number of rotatable bonds is 9. The van der Waals surface area contributed by atoms with Crippen LogP contribution in [0.25, 0.3) is 0 Å². The predicted molar refractivity (Wildman–Crippen MR) is 172 cm³/mol. The standard InChI is InChI=1S/C30H58O8Si3/c1-20-23(21(32)17-18-33-20)35-27-26(38-41(15,16)30(8,9)10)25(37-40(13,14)29(5,6)7)24(22(19-31)34-27)36-39(11,12)28(2,3)4/h17-18,22,24-27,31H,19H2,1-16H3/t22-,24-,25+,26-,27+/m1/s1. The Bertz CT molecular complexity index is 1080. The molecule has 2 heterocycles. The molecule has 0 unspecified atom stereocenters. The van der Waals surface area contributed by atoms with Crippen molar-refractivity contribution < 1.29 is 32.3 Å². The molecule has 1 saturated heterocycles. The summed E-state index contributed by atoms with van der Waals surface area (Å²) in [5, 5.41) is 10.4. The summed E-state index contributed by atoms with van der Waals surface area (Å²) in [4.78, 5) is 12.9. The van der Waals surface area contributed by atoms with Crippen molar-refractivity contribution in [3.63, 3.8) is 0 Å². The molecule has 8 nitrogen and oxygen atoms in total. The van der Waals surface area contributed by atoms with Crippen LogP contribution in [-0.4, -0.2) is 67.4 Å². The first kappa shape index (κ1) is 36.4. The summed E-state index contributed by atoms with van der Waals surface area (Å²) >= 11 is 0. The molecule has 0 amide bonds. The third kappa shape index (κ3) is 8.23. The lowest BCUT2D eigenvalue weighted by Gasteiger charge is -2.54. The van der Waals surface area contributed by atoms with Crippen molar-refractivity contribution in [2.24, 2.45) is 0 Å². The molecule has 0 aromatic carbocycles. The van der Waals surface area contributed by atoms with Crippen LogP contribution < -0.4 is 10.2 Å². The second-order valence-corrected chi connectivity index (χ2v) is 30.3. The lowest BCUT2D eigenvalue weighted by molar-refractivity contribution is -0.268. The second kappa shape index (κ2) is 12.3. The van der Waals surface area contributed by atoms with Gasteiger partial charge in [0.15, 0.2) is 25.0 Å². The Morgan fingerprint density at radius 1 is 0.756 bits per heavy atom. The highest BCUT2D eigenvalue weighted by atomic mass is 28.4. The number of aliphatic hydroxyl groups is 1. The number of hydrogen-bond donors (Lipinski definition) is 1. The van der Waals surface area contributed by atoms with E-state index in [1.165, 1.54) is 12.3 Å². The van der Waals surface area contributed by atoms with Crippen molar-refractivity contribution in [2.75, 3.05) is 6.61 Å². The molecule has 1 N–H and O–H groups in total. The largest absolute Gasteiger partial charge is 0.465 e. The highest BCUT2D eigenvalue weighted by Gasteiger charge is 2.57. The summed E-state index contributed by atoms with van der Waals surface area (Å²) in [6.07, 6.45) is -2.36. The molecule has 0 bridgehead atoms. The predicted octanol–water partition coefficient (Wildman–Crippen LogP) is 7.22. The quantitative estimate of drug-likeness (QED) is 0.286. The maximum Gasteiger partial charge on any atom is 0.228 e. The van der Waals surface area contributed by atoms with Gasteiger partial charge in [0.2, 0.25) is 17.5 Å². The van der Waals surface area contributed by atoms with E-state index in [-0.39, 0.29) is 32.9 Å². The Morgan fingerprint density at radius 3 is 1.56 bits per heavy atom. The van der Waals surface area contributed by atoms with Crippen molar-refractivity contribution in [1.82, 2.24) is 0 Å². The van der Waals surface area contributed by atoms with E-state index < -0.39 is 55.7 Å².